The normalized spacial score (nSPS) is 11.1. The summed E-state index contributed by atoms with van der Waals surface area (Å²) in [5, 5.41) is 3.31. The number of fused-ring (bicyclic) bond motifs is 1. The van der Waals surface area contributed by atoms with E-state index >= 15 is 0 Å². The number of carbonyl (C=O) groups excluding carboxylic acids is 1. The van der Waals surface area contributed by atoms with Gasteiger partial charge in [-0.05, 0) is 32.9 Å². The summed E-state index contributed by atoms with van der Waals surface area (Å²) in [4.78, 5) is 20.7. The average Bonchev–Trinajstić information content (AvgIpc) is 2.89. The highest BCUT2D eigenvalue weighted by molar-refractivity contribution is 6.38. The molecule has 0 atom stereocenters. The van der Waals surface area contributed by atoms with Gasteiger partial charge in [0.15, 0.2) is 5.82 Å². The van der Waals surface area contributed by atoms with E-state index in [2.05, 4.69) is 15.3 Å². The number of benzene rings is 1. The number of esters is 1. The molecular weight excluding hydrogens is 387 g/mol. The molecule has 1 aromatic carbocycles. The highest BCUT2D eigenvalue weighted by Gasteiger charge is 2.24. The molecule has 1 N–H and O–H groups in total. The fraction of sp³-hybridized carbons (Fsp3) is 0.316. The van der Waals surface area contributed by atoms with Crippen LogP contribution in [0.4, 0.5) is 15.9 Å². The first kappa shape index (κ1) is 19.9. The van der Waals surface area contributed by atoms with Crippen LogP contribution in [0.15, 0.2) is 24.5 Å². The van der Waals surface area contributed by atoms with Crippen LogP contribution in [0.1, 0.15) is 31.3 Å². The third kappa shape index (κ3) is 3.73. The number of aryl methyl sites for hydroxylation is 1. The summed E-state index contributed by atoms with van der Waals surface area (Å²) in [7, 11) is 1.67. The van der Waals surface area contributed by atoms with Crippen molar-refractivity contribution in [2.75, 3.05) is 11.9 Å². The first-order valence-electron chi connectivity index (χ1n) is 8.72. The molecule has 0 aliphatic carbocycles. The Bertz CT molecular complexity index is 1040. The van der Waals surface area contributed by atoms with E-state index in [-0.39, 0.29) is 23.4 Å². The average molecular weight is 407 g/mol. The number of aromatic nitrogens is 3. The molecule has 0 spiro atoms. The summed E-state index contributed by atoms with van der Waals surface area (Å²) in [6, 6.07) is 4.16. The van der Waals surface area contributed by atoms with Gasteiger partial charge in [0.2, 0.25) is 0 Å². The van der Waals surface area contributed by atoms with Gasteiger partial charge in [-0.1, -0.05) is 11.6 Å². The zero-order valence-corrected chi connectivity index (χ0v) is 16.7. The summed E-state index contributed by atoms with van der Waals surface area (Å²) in [5.74, 6) is -0.233. The van der Waals surface area contributed by atoms with Crippen molar-refractivity contribution in [1.82, 2.24) is 14.5 Å². The molecule has 9 heteroatoms. The van der Waals surface area contributed by atoms with Crippen molar-refractivity contribution < 1.29 is 18.7 Å². The molecule has 7 nitrogen and oxygen atoms in total. The summed E-state index contributed by atoms with van der Waals surface area (Å²) in [6.07, 6.45) is 1.19. The zero-order chi connectivity index (χ0) is 20.4. The van der Waals surface area contributed by atoms with Crippen molar-refractivity contribution in [3.8, 4) is 5.75 Å². The molecule has 2 aromatic heterocycles. The lowest BCUT2D eigenvalue weighted by Crippen LogP contribution is -2.11. The fourth-order valence-electron chi connectivity index (χ4n) is 2.82. The second-order valence-corrected chi connectivity index (χ2v) is 6.67. The van der Waals surface area contributed by atoms with Gasteiger partial charge in [-0.25, -0.2) is 19.2 Å². The maximum absolute atomic E-state index is 13.7. The molecule has 0 saturated heterocycles. The Morgan fingerprint density at radius 3 is 2.79 bits per heavy atom. The predicted octanol–water partition coefficient (Wildman–Crippen LogP) is 4.47. The van der Waals surface area contributed by atoms with Gasteiger partial charge < -0.3 is 19.4 Å². The molecule has 28 heavy (non-hydrogen) atoms. The molecule has 0 bridgehead atoms. The number of hydrogen-bond donors (Lipinski definition) is 1. The Morgan fingerprint density at radius 1 is 1.36 bits per heavy atom. The van der Waals surface area contributed by atoms with Crippen molar-refractivity contribution in [2.45, 2.75) is 26.9 Å². The number of hydrogen-bond acceptors (Lipinski definition) is 6. The number of nitrogens with zero attached hydrogens (tertiary/aromatic N) is 3. The standard InChI is InChI=1S/C19H20ClFN4O3/c1-5-27-19(26)16-14(20)15-17(25(16)4)18(23-9-22-15)24-12-7-6-11(21)8-13(12)28-10(2)3/h6-10H,5H2,1-4H3,(H,22,23,24). The molecule has 0 amide bonds. The minimum atomic E-state index is -0.551. The highest BCUT2D eigenvalue weighted by atomic mass is 35.5. The van der Waals surface area contributed by atoms with Gasteiger partial charge in [0.1, 0.15) is 34.6 Å². The number of carbonyl (C=O) groups is 1. The lowest BCUT2D eigenvalue weighted by molar-refractivity contribution is 0.0516. The molecule has 0 radical (unpaired) electrons. The van der Waals surface area contributed by atoms with E-state index < -0.39 is 11.8 Å². The first-order chi connectivity index (χ1) is 13.3. The Balaban J connectivity index is 2.11. The second kappa shape index (κ2) is 8.02. The summed E-state index contributed by atoms with van der Waals surface area (Å²) in [6.45, 7) is 5.63. The lowest BCUT2D eigenvalue weighted by atomic mass is 10.2. The second-order valence-electron chi connectivity index (χ2n) is 6.29. The number of nitrogens with one attached hydrogen (secondary N) is 1. The van der Waals surface area contributed by atoms with Crippen molar-refractivity contribution in [2.24, 2.45) is 7.05 Å². The van der Waals surface area contributed by atoms with Crippen molar-refractivity contribution in [3.05, 3.63) is 41.1 Å². The van der Waals surface area contributed by atoms with Crippen LogP contribution in [0.3, 0.4) is 0 Å². The fourth-order valence-corrected chi connectivity index (χ4v) is 3.17. The minimum absolute atomic E-state index is 0.146. The van der Waals surface area contributed by atoms with Crippen LogP contribution in [0.2, 0.25) is 5.02 Å². The van der Waals surface area contributed by atoms with Crippen LogP contribution in [0.5, 0.6) is 5.75 Å². The monoisotopic (exact) mass is 406 g/mol. The van der Waals surface area contributed by atoms with Crippen LogP contribution in [0.25, 0.3) is 11.0 Å². The van der Waals surface area contributed by atoms with E-state index in [1.807, 2.05) is 13.8 Å². The number of rotatable bonds is 6. The third-order valence-electron chi connectivity index (χ3n) is 3.94. The summed E-state index contributed by atoms with van der Waals surface area (Å²) in [5.41, 5.74) is 1.61. The van der Waals surface area contributed by atoms with Gasteiger partial charge in [-0.15, -0.1) is 0 Å². The van der Waals surface area contributed by atoms with E-state index in [9.17, 15) is 9.18 Å². The molecule has 3 rings (SSSR count). The molecule has 3 aromatic rings. The molecule has 0 aliphatic heterocycles. The summed E-state index contributed by atoms with van der Waals surface area (Å²) < 4.78 is 26.0. The summed E-state index contributed by atoms with van der Waals surface area (Å²) >= 11 is 6.37. The maximum Gasteiger partial charge on any atom is 0.356 e. The number of halogens is 2. The first-order valence-corrected chi connectivity index (χ1v) is 9.10. The molecule has 0 unspecified atom stereocenters. The topological polar surface area (TPSA) is 78.3 Å². The van der Waals surface area contributed by atoms with Gasteiger partial charge in [-0.3, -0.25) is 0 Å². The van der Waals surface area contributed by atoms with Gasteiger partial charge in [0, 0.05) is 13.1 Å². The van der Waals surface area contributed by atoms with Crippen LogP contribution < -0.4 is 10.1 Å². The van der Waals surface area contributed by atoms with E-state index in [0.29, 0.717) is 28.3 Å². The molecular formula is C19H20ClFN4O3. The lowest BCUT2D eigenvalue weighted by Gasteiger charge is -2.16. The Morgan fingerprint density at radius 2 is 2.11 bits per heavy atom. The molecule has 0 saturated carbocycles. The number of anilines is 2. The Kier molecular flexibility index (Phi) is 5.69. The van der Waals surface area contributed by atoms with Gasteiger partial charge in [0.05, 0.1) is 23.4 Å². The molecule has 2 heterocycles. The van der Waals surface area contributed by atoms with Crippen LogP contribution in [-0.2, 0) is 11.8 Å². The number of ether oxygens (including phenoxy) is 2. The van der Waals surface area contributed by atoms with E-state index in [1.54, 1.807) is 24.6 Å². The quantitative estimate of drug-likeness (QED) is 0.608. The van der Waals surface area contributed by atoms with Crippen LogP contribution in [0, 0.1) is 5.82 Å². The van der Waals surface area contributed by atoms with Gasteiger partial charge >= 0.3 is 5.97 Å². The molecule has 148 valence electrons. The SMILES string of the molecule is CCOC(=O)c1c(Cl)c2ncnc(Nc3ccc(F)cc3OC(C)C)c2n1C. The molecule has 0 fully saturated rings. The molecule has 0 aliphatic rings. The zero-order valence-electron chi connectivity index (χ0n) is 15.9. The smallest absolute Gasteiger partial charge is 0.356 e. The van der Waals surface area contributed by atoms with Crippen molar-refractivity contribution >= 4 is 40.1 Å². The van der Waals surface area contributed by atoms with E-state index in [1.165, 1.54) is 18.5 Å². The van der Waals surface area contributed by atoms with Crippen LogP contribution >= 0.6 is 11.6 Å². The Labute approximate surface area is 166 Å². The van der Waals surface area contributed by atoms with Crippen molar-refractivity contribution in [1.29, 1.82) is 0 Å². The van der Waals surface area contributed by atoms with Crippen LogP contribution in [-0.4, -0.2) is 33.2 Å². The maximum atomic E-state index is 13.7. The highest BCUT2D eigenvalue weighted by Crippen LogP contribution is 2.35. The largest absolute Gasteiger partial charge is 0.489 e. The van der Waals surface area contributed by atoms with Gasteiger partial charge in [0.25, 0.3) is 0 Å². The van der Waals surface area contributed by atoms with Crippen molar-refractivity contribution in [3.63, 3.8) is 0 Å². The van der Waals surface area contributed by atoms with Gasteiger partial charge in [-0.2, -0.15) is 0 Å². The Hall–Kier alpha value is -2.87. The predicted molar refractivity (Wildman–Crippen MR) is 105 cm³/mol. The minimum Gasteiger partial charge on any atom is -0.489 e. The third-order valence-corrected chi connectivity index (χ3v) is 4.30. The van der Waals surface area contributed by atoms with E-state index in [0.717, 1.165) is 0 Å². The van der Waals surface area contributed by atoms with E-state index in [4.69, 9.17) is 21.1 Å².